The van der Waals surface area contributed by atoms with Gasteiger partial charge in [-0.15, -0.1) is 0 Å². The van der Waals surface area contributed by atoms with Crippen LogP contribution < -0.4 is 0 Å². The molecule has 1 N–H and O–H groups in total. The number of halogens is 2. The van der Waals surface area contributed by atoms with E-state index in [1.807, 2.05) is 18.2 Å². The fraction of sp³-hybridized carbons (Fsp3) is 0.368. The molecule has 0 atom stereocenters. The third-order valence-electron chi connectivity index (χ3n) is 4.82. The van der Waals surface area contributed by atoms with E-state index in [4.69, 9.17) is 11.6 Å². The van der Waals surface area contributed by atoms with Gasteiger partial charge in [0.2, 0.25) is 0 Å². The van der Waals surface area contributed by atoms with Crippen molar-refractivity contribution < 1.29 is 9.50 Å². The van der Waals surface area contributed by atoms with E-state index >= 15 is 0 Å². The summed E-state index contributed by atoms with van der Waals surface area (Å²) in [6, 6.07) is 10.7. The number of phenolic OH excluding ortho intramolecular Hbond substituents is 1. The van der Waals surface area contributed by atoms with E-state index in [1.54, 1.807) is 12.1 Å². The van der Waals surface area contributed by atoms with E-state index in [2.05, 4.69) is 18.7 Å². The lowest BCUT2D eigenvalue weighted by molar-refractivity contribution is 0.109. The van der Waals surface area contributed by atoms with Gasteiger partial charge in [-0.3, -0.25) is 4.90 Å². The second kappa shape index (κ2) is 6.14. The molecule has 1 heterocycles. The topological polar surface area (TPSA) is 23.5 Å². The third kappa shape index (κ3) is 3.36. The van der Waals surface area contributed by atoms with E-state index in [0.29, 0.717) is 11.6 Å². The van der Waals surface area contributed by atoms with Crippen LogP contribution in [0, 0.1) is 5.82 Å². The maximum atomic E-state index is 13.9. The summed E-state index contributed by atoms with van der Waals surface area (Å²) >= 11 is 5.97. The van der Waals surface area contributed by atoms with Gasteiger partial charge in [-0.1, -0.05) is 29.8 Å². The van der Waals surface area contributed by atoms with E-state index in [-0.39, 0.29) is 17.1 Å². The Hall–Kier alpha value is -1.58. The largest absolute Gasteiger partial charge is 0.506 e. The molecule has 0 spiro atoms. The molecular formula is C19H21ClFNO. The third-order valence-corrected chi connectivity index (χ3v) is 5.12. The summed E-state index contributed by atoms with van der Waals surface area (Å²) in [5.41, 5.74) is 2.97. The van der Waals surface area contributed by atoms with E-state index < -0.39 is 0 Å². The summed E-state index contributed by atoms with van der Waals surface area (Å²) in [5, 5.41) is 9.88. The molecule has 2 aromatic carbocycles. The Morgan fingerprint density at radius 1 is 1.22 bits per heavy atom. The number of phenols is 1. The van der Waals surface area contributed by atoms with Crippen molar-refractivity contribution in [2.75, 3.05) is 0 Å². The molecule has 2 nitrogen and oxygen atoms in total. The minimum atomic E-state index is -0.105. The van der Waals surface area contributed by atoms with E-state index in [1.165, 1.54) is 6.07 Å². The molecule has 0 aliphatic carbocycles. The normalized spacial score (nSPS) is 15.0. The van der Waals surface area contributed by atoms with Crippen LogP contribution in [0.25, 0.3) is 0 Å². The highest BCUT2D eigenvalue weighted by atomic mass is 35.5. The Kier molecular flexibility index (Phi) is 4.35. The average molecular weight is 334 g/mol. The SMILES string of the molecule is CC(C)(CCc1ccc(O)c(Cl)c1)N1Cc2cccc(F)c2C1. The summed E-state index contributed by atoms with van der Waals surface area (Å²) in [7, 11) is 0. The fourth-order valence-corrected chi connectivity index (χ4v) is 3.33. The zero-order valence-corrected chi connectivity index (χ0v) is 14.2. The van der Waals surface area contributed by atoms with Crippen molar-refractivity contribution in [3.8, 4) is 5.75 Å². The van der Waals surface area contributed by atoms with Crippen LogP contribution in [0.2, 0.25) is 5.02 Å². The first-order valence-electron chi connectivity index (χ1n) is 7.85. The monoisotopic (exact) mass is 333 g/mol. The van der Waals surface area contributed by atoms with Crippen LogP contribution >= 0.6 is 11.6 Å². The van der Waals surface area contributed by atoms with Gasteiger partial charge in [-0.25, -0.2) is 4.39 Å². The van der Waals surface area contributed by atoms with Crippen molar-refractivity contribution in [3.63, 3.8) is 0 Å². The summed E-state index contributed by atoms with van der Waals surface area (Å²) in [4.78, 5) is 2.32. The van der Waals surface area contributed by atoms with Gasteiger partial charge in [0.15, 0.2) is 0 Å². The molecule has 0 radical (unpaired) electrons. The van der Waals surface area contributed by atoms with Crippen LogP contribution in [0.5, 0.6) is 5.75 Å². The Labute approximate surface area is 141 Å². The van der Waals surface area contributed by atoms with Crippen LogP contribution in [0.4, 0.5) is 4.39 Å². The Balaban J connectivity index is 1.68. The number of hydrogen-bond donors (Lipinski definition) is 1. The van der Waals surface area contributed by atoms with Crippen molar-refractivity contribution in [2.24, 2.45) is 0 Å². The standard InChI is InChI=1S/C19H21ClFNO/c1-19(2,9-8-13-6-7-18(23)16(20)10-13)22-11-14-4-3-5-17(21)15(14)12-22/h3-7,10,23H,8-9,11-12H2,1-2H3. The zero-order valence-electron chi connectivity index (χ0n) is 13.4. The number of benzene rings is 2. The zero-order chi connectivity index (χ0) is 16.6. The molecule has 3 rings (SSSR count). The van der Waals surface area contributed by atoms with Gasteiger partial charge in [-0.05, 0) is 56.0 Å². The van der Waals surface area contributed by atoms with Crippen molar-refractivity contribution in [1.29, 1.82) is 0 Å². The van der Waals surface area contributed by atoms with Crippen molar-refractivity contribution in [3.05, 3.63) is 63.9 Å². The highest BCUT2D eigenvalue weighted by Crippen LogP contribution is 2.33. The molecule has 0 fully saturated rings. The van der Waals surface area contributed by atoms with Crippen LogP contribution in [-0.4, -0.2) is 15.5 Å². The molecule has 0 unspecified atom stereocenters. The molecule has 1 aliphatic heterocycles. The molecule has 0 saturated carbocycles. The lowest BCUT2D eigenvalue weighted by Gasteiger charge is -2.35. The molecule has 0 saturated heterocycles. The van der Waals surface area contributed by atoms with Crippen LogP contribution in [0.1, 0.15) is 37.0 Å². The van der Waals surface area contributed by atoms with Gasteiger partial charge < -0.3 is 5.11 Å². The number of fused-ring (bicyclic) bond motifs is 1. The van der Waals surface area contributed by atoms with Crippen LogP contribution in [-0.2, 0) is 19.5 Å². The van der Waals surface area contributed by atoms with Crippen LogP contribution in [0.3, 0.4) is 0 Å². The van der Waals surface area contributed by atoms with Gasteiger partial charge in [0.05, 0.1) is 5.02 Å². The Morgan fingerprint density at radius 3 is 2.70 bits per heavy atom. The van der Waals surface area contributed by atoms with Gasteiger partial charge in [0.25, 0.3) is 0 Å². The van der Waals surface area contributed by atoms with Crippen molar-refractivity contribution >= 4 is 11.6 Å². The summed E-state index contributed by atoms with van der Waals surface area (Å²) in [6.45, 7) is 5.83. The number of rotatable bonds is 4. The molecule has 122 valence electrons. The fourth-order valence-electron chi connectivity index (χ4n) is 3.12. The first kappa shape index (κ1) is 16.3. The molecule has 2 aromatic rings. The molecular weight excluding hydrogens is 313 g/mol. The summed E-state index contributed by atoms with van der Waals surface area (Å²) in [5.74, 6) is 0.00580. The molecule has 23 heavy (non-hydrogen) atoms. The molecule has 0 amide bonds. The number of aromatic hydroxyl groups is 1. The second-order valence-corrected chi connectivity index (χ2v) is 7.24. The summed E-state index contributed by atoms with van der Waals surface area (Å²) < 4.78 is 13.9. The van der Waals surface area contributed by atoms with Gasteiger partial charge in [-0.2, -0.15) is 0 Å². The quantitative estimate of drug-likeness (QED) is 0.859. The first-order valence-corrected chi connectivity index (χ1v) is 8.23. The molecule has 0 aromatic heterocycles. The van der Waals surface area contributed by atoms with Gasteiger partial charge >= 0.3 is 0 Å². The predicted octanol–water partition coefficient (Wildman–Crippen LogP) is 4.91. The Morgan fingerprint density at radius 2 is 2.00 bits per heavy atom. The molecule has 1 aliphatic rings. The lowest BCUT2D eigenvalue weighted by atomic mass is 9.93. The Bertz CT molecular complexity index is 729. The smallest absolute Gasteiger partial charge is 0.134 e. The van der Waals surface area contributed by atoms with Crippen molar-refractivity contribution in [2.45, 2.75) is 45.3 Å². The maximum Gasteiger partial charge on any atom is 0.134 e. The first-order chi connectivity index (χ1) is 10.9. The minimum absolute atomic E-state index is 0.0458. The van der Waals surface area contributed by atoms with Gasteiger partial charge in [0.1, 0.15) is 11.6 Å². The second-order valence-electron chi connectivity index (χ2n) is 6.83. The lowest BCUT2D eigenvalue weighted by Crippen LogP contribution is -2.40. The highest BCUT2D eigenvalue weighted by Gasteiger charge is 2.32. The summed E-state index contributed by atoms with van der Waals surface area (Å²) in [6.07, 6.45) is 1.80. The van der Waals surface area contributed by atoms with Gasteiger partial charge in [0, 0.05) is 24.2 Å². The van der Waals surface area contributed by atoms with E-state index in [0.717, 1.165) is 36.1 Å². The number of nitrogens with zero attached hydrogens (tertiary/aromatic N) is 1. The minimum Gasteiger partial charge on any atom is -0.506 e. The number of aryl methyl sites for hydroxylation is 1. The maximum absolute atomic E-state index is 13.9. The highest BCUT2D eigenvalue weighted by molar-refractivity contribution is 6.32. The van der Waals surface area contributed by atoms with E-state index in [9.17, 15) is 9.50 Å². The average Bonchev–Trinajstić information content (AvgIpc) is 2.95. The molecule has 0 bridgehead atoms. The van der Waals surface area contributed by atoms with Crippen LogP contribution in [0.15, 0.2) is 36.4 Å². The van der Waals surface area contributed by atoms with Crippen molar-refractivity contribution in [1.82, 2.24) is 4.90 Å². The predicted molar refractivity (Wildman–Crippen MR) is 91.2 cm³/mol. The number of hydrogen-bond acceptors (Lipinski definition) is 2. The molecule has 4 heteroatoms.